The number of ketones is 1. The fraction of sp³-hybridized carbons (Fsp3) is 0.429. The molecule has 0 atom stereocenters. The maximum atomic E-state index is 11.8. The molecule has 98 valence electrons. The standard InChI is InChI=1S/C14H16N4O/c1-9(2)18-8-15-7-12(18)14-16-6-10-11(17-14)4-3-5-13(10)19/h6-9H,3-5H2,1-2H3. The van der Waals surface area contributed by atoms with Gasteiger partial charge >= 0.3 is 0 Å². The van der Waals surface area contributed by atoms with E-state index in [9.17, 15) is 4.79 Å². The number of aryl methyl sites for hydroxylation is 1. The molecule has 0 saturated heterocycles. The number of hydrogen-bond donors (Lipinski definition) is 0. The number of nitrogens with zero attached hydrogens (tertiary/aromatic N) is 4. The lowest BCUT2D eigenvalue weighted by Crippen LogP contribution is -2.14. The molecule has 19 heavy (non-hydrogen) atoms. The topological polar surface area (TPSA) is 60.7 Å². The highest BCUT2D eigenvalue weighted by molar-refractivity contribution is 5.97. The smallest absolute Gasteiger partial charge is 0.178 e. The first kappa shape index (κ1) is 12.0. The summed E-state index contributed by atoms with van der Waals surface area (Å²) in [6.07, 6.45) is 7.56. The summed E-state index contributed by atoms with van der Waals surface area (Å²) in [7, 11) is 0. The monoisotopic (exact) mass is 256 g/mol. The second-order valence-electron chi connectivity index (χ2n) is 5.11. The second kappa shape index (κ2) is 4.57. The third-order valence-electron chi connectivity index (χ3n) is 3.44. The molecule has 0 unspecified atom stereocenters. The molecule has 0 saturated carbocycles. The Morgan fingerprint density at radius 3 is 2.89 bits per heavy atom. The van der Waals surface area contributed by atoms with Crippen LogP contribution in [0.3, 0.4) is 0 Å². The summed E-state index contributed by atoms with van der Waals surface area (Å²) in [6, 6.07) is 0.304. The van der Waals surface area contributed by atoms with Crippen LogP contribution in [0.25, 0.3) is 11.5 Å². The Morgan fingerprint density at radius 1 is 1.26 bits per heavy atom. The number of rotatable bonds is 2. The van der Waals surface area contributed by atoms with Crippen molar-refractivity contribution in [3.63, 3.8) is 0 Å². The molecule has 0 fully saturated rings. The van der Waals surface area contributed by atoms with Crippen LogP contribution in [-0.2, 0) is 6.42 Å². The van der Waals surface area contributed by atoms with Crippen LogP contribution in [0.5, 0.6) is 0 Å². The van der Waals surface area contributed by atoms with Crippen molar-refractivity contribution in [2.45, 2.75) is 39.2 Å². The number of carbonyl (C=O) groups excluding carboxylic acids is 1. The minimum atomic E-state index is 0.158. The van der Waals surface area contributed by atoms with Crippen LogP contribution >= 0.6 is 0 Å². The Hall–Kier alpha value is -2.04. The number of hydrogen-bond acceptors (Lipinski definition) is 4. The lowest BCUT2D eigenvalue weighted by molar-refractivity contribution is 0.0971. The Balaban J connectivity index is 2.07. The summed E-state index contributed by atoms with van der Waals surface area (Å²) in [5.74, 6) is 0.810. The molecular formula is C14H16N4O. The molecule has 0 bridgehead atoms. The summed E-state index contributed by atoms with van der Waals surface area (Å²) in [5.41, 5.74) is 2.46. The maximum absolute atomic E-state index is 11.8. The predicted molar refractivity (Wildman–Crippen MR) is 70.9 cm³/mol. The summed E-state index contributed by atoms with van der Waals surface area (Å²) in [4.78, 5) is 24.8. The van der Waals surface area contributed by atoms with Crippen molar-refractivity contribution < 1.29 is 4.79 Å². The van der Waals surface area contributed by atoms with Gasteiger partial charge in [-0.15, -0.1) is 0 Å². The van der Waals surface area contributed by atoms with E-state index in [4.69, 9.17) is 0 Å². The first-order valence-corrected chi connectivity index (χ1v) is 6.58. The molecule has 2 aromatic heterocycles. The Kier molecular flexibility index (Phi) is 2.89. The molecule has 2 aromatic rings. The van der Waals surface area contributed by atoms with Crippen molar-refractivity contribution in [1.82, 2.24) is 19.5 Å². The Bertz CT molecular complexity index is 630. The molecule has 0 N–H and O–H groups in total. The second-order valence-corrected chi connectivity index (χ2v) is 5.11. The third-order valence-corrected chi connectivity index (χ3v) is 3.44. The number of imidazole rings is 1. The van der Waals surface area contributed by atoms with E-state index in [2.05, 4.69) is 28.8 Å². The van der Waals surface area contributed by atoms with Gasteiger partial charge in [-0.3, -0.25) is 4.79 Å². The molecular weight excluding hydrogens is 240 g/mol. The SMILES string of the molecule is CC(C)n1cncc1-c1ncc2c(n1)CCCC2=O. The van der Waals surface area contributed by atoms with Gasteiger partial charge in [0.25, 0.3) is 0 Å². The number of aromatic nitrogens is 4. The molecule has 0 radical (unpaired) electrons. The summed E-state index contributed by atoms with van der Waals surface area (Å²) in [6.45, 7) is 4.18. The van der Waals surface area contributed by atoms with Crippen LogP contribution < -0.4 is 0 Å². The number of fused-ring (bicyclic) bond motifs is 1. The van der Waals surface area contributed by atoms with E-state index in [0.717, 1.165) is 24.2 Å². The number of Topliss-reactive ketones (excluding diaryl/α,β-unsaturated/α-hetero) is 1. The van der Waals surface area contributed by atoms with E-state index in [0.29, 0.717) is 23.9 Å². The fourth-order valence-electron chi connectivity index (χ4n) is 2.40. The molecule has 5 heteroatoms. The van der Waals surface area contributed by atoms with Gasteiger partial charge in [-0.25, -0.2) is 15.0 Å². The van der Waals surface area contributed by atoms with Crippen molar-refractivity contribution in [2.24, 2.45) is 0 Å². The van der Waals surface area contributed by atoms with E-state index < -0.39 is 0 Å². The number of carbonyl (C=O) groups is 1. The van der Waals surface area contributed by atoms with E-state index in [-0.39, 0.29) is 5.78 Å². The largest absolute Gasteiger partial charge is 0.325 e. The van der Waals surface area contributed by atoms with Crippen LogP contribution in [0, 0.1) is 0 Å². The Labute approximate surface area is 111 Å². The minimum absolute atomic E-state index is 0.158. The van der Waals surface area contributed by atoms with Crippen molar-refractivity contribution in [3.05, 3.63) is 30.0 Å². The highest BCUT2D eigenvalue weighted by Crippen LogP contribution is 2.23. The molecule has 1 aliphatic carbocycles. The molecule has 0 aliphatic heterocycles. The summed E-state index contributed by atoms with van der Waals surface area (Å²) >= 11 is 0. The van der Waals surface area contributed by atoms with E-state index >= 15 is 0 Å². The van der Waals surface area contributed by atoms with E-state index in [1.54, 1.807) is 18.7 Å². The van der Waals surface area contributed by atoms with Crippen molar-refractivity contribution in [2.75, 3.05) is 0 Å². The van der Waals surface area contributed by atoms with E-state index in [1.165, 1.54) is 0 Å². The zero-order valence-electron chi connectivity index (χ0n) is 11.1. The summed E-state index contributed by atoms with van der Waals surface area (Å²) < 4.78 is 2.03. The van der Waals surface area contributed by atoms with Crippen molar-refractivity contribution in [1.29, 1.82) is 0 Å². The van der Waals surface area contributed by atoms with Crippen LogP contribution in [0.1, 0.15) is 48.8 Å². The lowest BCUT2D eigenvalue weighted by atomic mass is 9.96. The van der Waals surface area contributed by atoms with Crippen LogP contribution in [0.2, 0.25) is 0 Å². The zero-order chi connectivity index (χ0) is 13.4. The van der Waals surface area contributed by atoms with Gasteiger partial charge in [0.2, 0.25) is 0 Å². The Morgan fingerprint density at radius 2 is 2.11 bits per heavy atom. The molecule has 5 nitrogen and oxygen atoms in total. The quantitative estimate of drug-likeness (QED) is 0.828. The van der Waals surface area contributed by atoms with Gasteiger partial charge < -0.3 is 4.57 Å². The van der Waals surface area contributed by atoms with Gasteiger partial charge in [-0.2, -0.15) is 0 Å². The van der Waals surface area contributed by atoms with Crippen LogP contribution in [0.15, 0.2) is 18.7 Å². The van der Waals surface area contributed by atoms with Gasteiger partial charge in [-0.1, -0.05) is 0 Å². The van der Waals surface area contributed by atoms with Crippen molar-refractivity contribution >= 4 is 5.78 Å². The van der Waals surface area contributed by atoms with Crippen LogP contribution in [0.4, 0.5) is 0 Å². The normalized spacial score (nSPS) is 14.8. The maximum Gasteiger partial charge on any atom is 0.178 e. The third kappa shape index (κ3) is 2.05. The highest BCUT2D eigenvalue weighted by Gasteiger charge is 2.20. The first-order valence-electron chi connectivity index (χ1n) is 6.58. The average Bonchev–Trinajstić information content (AvgIpc) is 2.88. The zero-order valence-corrected chi connectivity index (χ0v) is 11.1. The van der Waals surface area contributed by atoms with Gasteiger partial charge in [0, 0.05) is 18.7 Å². The predicted octanol–water partition coefficient (Wildman–Crippen LogP) is 2.44. The molecule has 0 spiro atoms. The van der Waals surface area contributed by atoms with Gasteiger partial charge in [0.15, 0.2) is 11.6 Å². The molecule has 2 heterocycles. The lowest BCUT2D eigenvalue weighted by Gasteiger charge is -2.15. The van der Waals surface area contributed by atoms with Crippen molar-refractivity contribution in [3.8, 4) is 11.5 Å². The van der Waals surface area contributed by atoms with Crippen LogP contribution in [-0.4, -0.2) is 25.3 Å². The molecule has 0 aromatic carbocycles. The molecule has 3 rings (SSSR count). The average molecular weight is 256 g/mol. The molecule has 1 aliphatic rings. The van der Waals surface area contributed by atoms with Gasteiger partial charge in [0.05, 0.1) is 23.8 Å². The van der Waals surface area contributed by atoms with E-state index in [1.807, 2.05) is 4.57 Å². The minimum Gasteiger partial charge on any atom is -0.325 e. The summed E-state index contributed by atoms with van der Waals surface area (Å²) in [5, 5.41) is 0. The highest BCUT2D eigenvalue weighted by atomic mass is 16.1. The van der Waals surface area contributed by atoms with Gasteiger partial charge in [0.1, 0.15) is 5.69 Å². The van der Waals surface area contributed by atoms with Gasteiger partial charge in [-0.05, 0) is 26.7 Å². The molecule has 0 amide bonds. The first-order chi connectivity index (χ1) is 9.16. The fourth-order valence-corrected chi connectivity index (χ4v) is 2.40.